The van der Waals surface area contributed by atoms with Crippen LogP contribution in [0.1, 0.15) is 65.8 Å². The Morgan fingerprint density at radius 1 is 0.375 bits per heavy atom. The van der Waals surface area contributed by atoms with E-state index in [1.807, 2.05) is 0 Å². The van der Waals surface area contributed by atoms with Crippen LogP contribution in [-0.2, 0) is 10.8 Å². The van der Waals surface area contributed by atoms with Gasteiger partial charge in [0.05, 0.1) is 16.8 Å². The molecule has 0 amide bonds. The maximum Gasteiger partial charge on any atom is 0.160 e. The maximum absolute atomic E-state index is 5.49. The van der Waals surface area contributed by atoms with Crippen molar-refractivity contribution in [2.24, 2.45) is 0 Å². The lowest BCUT2D eigenvalue weighted by Gasteiger charge is -2.47. The summed E-state index contributed by atoms with van der Waals surface area (Å²) in [6.07, 6.45) is 4.35. The summed E-state index contributed by atoms with van der Waals surface area (Å²) in [7, 11) is 0. The summed E-state index contributed by atoms with van der Waals surface area (Å²) >= 11 is 0. The Morgan fingerprint density at radius 2 is 0.844 bits per heavy atom. The number of benzene rings is 8. The van der Waals surface area contributed by atoms with Crippen LogP contribution in [0.4, 0.5) is 0 Å². The van der Waals surface area contributed by atoms with E-state index in [1.165, 1.54) is 83.5 Å². The quantitative estimate of drug-likeness (QED) is 0.167. The molecule has 0 aliphatic heterocycles. The van der Waals surface area contributed by atoms with E-state index in [0.29, 0.717) is 0 Å². The molecule has 0 saturated carbocycles. The molecular weight excluding hydrogens is 773 g/mol. The topological polar surface area (TPSA) is 25.8 Å². The molecular formula is C62H46N2. The number of hydrogen-bond acceptors (Lipinski definition) is 2. The summed E-state index contributed by atoms with van der Waals surface area (Å²) in [6.45, 7) is 4.79. The fourth-order valence-corrected chi connectivity index (χ4v) is 11.1. The van der Waals surface area contributed by atoms with Crippen LogP contribution in [0.2, 0.25) is 0 Å². The van der Waals surface area contributed by atoms with E-state index in [9.17, 15) is 0 Å². The highest BCUT2D eigenvalue weighted by Crippen LogP contribution is 2.65. The van der Waals surface area contributed by atoms with Crippen LogP contribution in [0.15, 0.2) is 224 Å². The van der Waals surface area contributed by atoms with Crippen LogP contribution in [0.25, 0.3) is 67.2 Å². The molecule has 3 aliphatic carbocycles. The lowest BCUT2D eigenvalue weighted by atomic mass is 9.55. The van der Waals surface area contributed by atoms with Crippen LogP contribution < -0.4 is 0 Å². The van der Waals surface area contributed by atoms with Gasteiger partial charge in [0.15, 0.2) is 5.82 Å². The fourth-order valence-electron chi connectivity index (χ4n) is 11.1. The molecule has 1 heterocycles. The summed E-state index contributed by atoms with van der Waals surface area (Å²) in [4.78, 5) is 10.7. The molecule has 1 aromatic heterocycles. The zero-order valence-corrected chi connectivity index (χ0v) is 36.1. The zero-order valence-electron chi connectivity index (χ0n) is 36.1. The van der Waals surface area contributed by atoms with Crippen molar-refractivity contribution >= 4 is 11.1 Å². The Bertz CT molecular complexity index is 3210. The Kier molecular flexibility index (Phi) is 8.91. The normalized spacial score (nSPS) is 15.2. The Morgan fingerprint density at radius 3 is 1.48 bits per heavy atom. The molecule has 9 aromatic rings. The van der Waals surface area contributed by atoms with E-state index in [0.717, 1.165) is 41.2 Å². The van der Waals surface area contributed by atoms with Crippen molar-refractivity contribution in [3.8, 4) is 56.0 Å². The second kappa shape index (κ2) is 15.0. The van der Waals surface area contributed by atoms with Crippen molar-refractivity contribution in [3.05, 3.63) is 263 Å². The zero-order chi connectivity index (χ0) is 42.8. The number of aromatic nitrogens is 2. The Hall–Kier alpha value is -7.68. The molecule has 64 heavy (non-hydrogen) atoms. The van der Waals surface area contributed by atoms with Gasteiger partial charge in [0.2, 0.25) is 0 Å². The van der Waals surface area contributed by atoms with Crippen molar-refractivity contribution < 1.29 is 0 Å². The molecule has 0 atom stereocenters. The van der Waals surface area contributed by atoms with Crippen LogP contribution in [-0.4, -0.2) is 9.97 Å². The Labute approximate surface area is 376 Å². The van der Waals surface area contributed by atoms with E-state index >= 15 is 0 Å². The average Bonchev–Trinajstić information content (AvgIpc) is 3.67. The van der Waals surface area contributed by atoms with E-state index < -0.39 is 5.41 Å². The second-order valence-corrected chi connectivity index (χ2v) is 18.0. The van der Waals surface area contributed by atoms with Gasteiger partial charge in [-0.25, -0.2) is 9.97 Å². The molecule has 0 fully saturated rings. The highest BCUT2D eigenvalue weighted by molar-refractivity contribution is 6.08. The van der Waals surface area contributed by atoms with Crippen molar-refractivity contribution in [1.82, 2.24) is 9.97 Å². The maximum atomic E-state index is 5.49. The van der Waals surface area contributed by atoms with Gasteiger partial charge in [-0.3, -0.25) is 0 Å². The van der Waals surface area contributed by atoms with Gasteiger partial charge in [0, 0.05) is 16.5 Å². The molecule has 0 saturated heterocycles. The average molecular weight is 819 g/mol. The van der Waals surface area contributed by atoms with Gasteiger partial charge >= 0.3 is 0 Å². The van der Waals surface area contributed by atoms with Crippen LogP contribution >= 0.6 is 0 Å². The molecule has 2 heteroatoms. The van der Waals surface area contributed by atoms with Crippen LogP contribution in [0, 0.1) is 0 Å². The summed E-state index contributed by atoms with van der Waals surface area (Å²) in [5.41, 5.74) is 22.6. The molecule has 0 unspecified atom stereocenters. The van der Waals surface area contributed by atoms with Crippen LogP contribution in [0.5, 0.6) is 0 Å². The Balaban J connectivity index is 1.10. The van der Waals surface area contributed by atoms with Gasteiger partial charge in [0.1, 0.15) is 0 Å². The first-order valence-corrected chi connectivity index (χ1v) is 22.5. The number of rotatable bonds is 6. The molecule has 1 spiro atoms. The van der Waals surface area contributed by atoms with E-state index in [1.54, 1.807) is 0 Å². The first-order valence-electron chi connectivity index (χ1n) is 22.5. The minimum absolute atomic E-state index is 0.176. The minimum atomic E-state index is -0.503. The molecule has 0 bridgehead atoms. The van der Waals surface area contributed by atoms with Crippen molar-refractivity contribution in [3.63, 3.8) is 0 Å². The SMILES string of the molecule is CC1(C)c2ccccc2C2(C3=CCCC(c4cc(-c5ccccc5)nc(-c5ccccc5)n4)=C3c3cc(-c4cccc(-c5ccc(-c6ccccc6)cc5)c4)ccc32)c2ccccc21. The van der Waals surface area contributed by atoms with Gasteiger partial charge in [0.25, 0.3) is 0 Å². The summed E-state index contributed by atoms with van der Waals surface area (Å²) in [5, 5.41) is 0. The van der Waals surface area contributed by atoms with Crippen molar-refractivity contribution in [2.45, 2.75) is 37.5 Å². The predicted octanol–water partition coefficient (Wildman–Crippen LogP) is 15.4. The monoisotopic (exact) mass is 818 g/mol. The van der Waals surface area contributed by atoms with Gasteiger partial charge in [-0.2, -0.15) is 0 Å². The van der Waals surface area contributed by atoms with Gasteiger partial charge in [-0.05, 0) is 115 Å². The third-order valence-corrected chi connectivity index (χ3v) is 14.1. The lowest BCUT2D eigenvalue weighted by Crippen LogP contribution is -2.40. The predicted molar refractivity (Wildman–Crippen MR) is 265 cm³/mol. The molecule has 2 nitrogen and oxygen atoms in total. The third-order valence-electron chi connectivity index (χ3n) is 14.1. The summed E-state index contributed by atoms with van der Waals surface area (Å²) < 4.78 is 0. The first kappa shape index (κ1) is 38.0. The van der Waals surface area contributed by atoms with E-state index in [4.69, 9.17) is 9.97 Å². The third kappa shape index (κ3) is 5.93. The standard InChI is InChI=1S/C62H46N2/c1-61(2)52-27-12-14-29-54(52)62(55-30-15-13-28-53(55)61)51-37-36-48(47-25-16-24-46(38-47)43-34-32-42(33-35-43)41-18-6-3-7-19-41)39-50(51)59-49(26-17-31-56(59)62)58-40-57(44-20-8-4-9-21-44)63-60(64-58)45-22-10-5-11-23-45/h3-16,18-25,27-40H,17,26H2,1-2H3. The highest BCUT2D eigenvalue weighted by atomic mass is 14.9. The molecule has 0 N–H and O–H groups in total. The van der Waals surface area contributed by atoms with Gasteiger partial charge in [-0.1, -0.05) is 214 Å². The molecule has 0 radical (unpaired) electrons. The van der Waals surface area contributed by atoms with Gasteiger partial charge in [-0.15, -0.1) is 0 Å². The fraction of sp³-hybridized carbons (Fsp3) is 0.0968. The van der Waals surface area contributed by atoms with Crippen molar-refractivity contribution in [1.29, 1.82) is 0 Å². The molecule has 304 valence electrons. The molecule has 8 aromatic carbocycles. The molecule has 3 aliphatic rings. The first-order chi connectivity index (χ1) is 31.5. The number of hydrogen-bond donors (Lipinski definition) is 0. The lowest BCUT2D eigenvalue weighted by molar-refractivity contribution is 0.562. The van der Waals surface area contributed by atoms with E-state index in [-0.39, 0.29) is 5.41 Å². The minimum Gasteiger partial charge on any atom is -0.228 e. The van der Waals surface area contributed by atoms with Crippen LogP contribution in [0.3, 0.4) is 0 Å². The largest absolute Gasteiger partial charge is 0.228 e. The number of nitrogens with zero attached hydrogens (tertiary/aromatic N) is 2. The highest BCUT2D eigenvalue weighted by Gasteiger charge is 2.55. The summed E-state index contributed by atoms with van der Waals surface area (Å²) in [5.74, 6) is 0.742. The van der Waals surface area contributed by atoms with Gasteiger partial charge < -0.3 is 0 Å². The smallest absolute Gasteiger partial charge is 0.160 e. The van der Waals surface area contributed by atoms with Crippen molar-refractivity contribution in [2.75, 3.05) is 0 Å². The summed E-state index contributed by atoms with van der Waals surface area (Å²) in [6, 6.07) is 77.6. The number of allylic oxidation sites excluding steroid dienone is 4. The second-order valence-electron chi connectivity index (χ2n) is 18.0. The molecule has 12 rings (SSSR count). The van der Waals surface area contributed by atoms with E-state index in [2.05, 4.69) is 232 Å². The number of fused-ring (bicyclic) bond motifs is 9.